The molecule has 1 aromatic rings. The van der Waals surface area contributed by atoms with Gasteiger partial charge in [0, 0.05) is 11.1 Å². The Hall–Kier alpha value is -0.530. The third-order valence-electron chi connectivity index (χ3n) is 2.92. The Labute approximate surface area is 90.5 Å². The van der Waals surface area contributed by atoms with Gasteiger partial charge in [-0.25, -0.2) is 0 Å². The van der Waals surface area contributed by atoms with Gasteiger partial charge in [-0.2, -0.15) is 0 Å². The molecule has 0 saturated carbocycles. The van der Waals surface area contributed by atoms with Gasteiger partial charge in [0.1, 0.15) is 0 Å². The quantitative estimate of drug-likeness (QED) is 0.788. The van der Waals surface area contributed by atoms with Crippen molar-refractivity contribution >= 4 is 11.6 Å². The second-order valence-corrected chi connectivity index (χ2v) is 4.28. The Kier molecular flexibility index (Phi) is 3.09. The lowest BCUT2D eigenvalue weighted by atomic mass is 9.98. The lowest BCUT2D eigenvalue weighted by Gasteiger charge is -2.15. The minimum absolute atomic E-state index is 0.531. The summed E-state index contributed by atoms with van der Waals surface area (Å²) < 4.78 is 0. The van der Waals surface area contributed by atoms with E-state index in [1.54, 1.807) is 0 Å². The van der Waals surface area contributed by atoms with Crippen LogP contribution >= 0.6 is 11.6 Å². The van der Waals surface area contributed by atoms with Crippen LogP contribution < -0.4 is 5.32 Å². The predicted molar refractivity (Wildman–Crippen MR) is 60.8 cm³/mol. The Morgan fingerprint density at radius 3 is 3.00 bits per heavy atom. The van der Waals surface area contributed by atoms with Gasteiger partial charge in [0.25, 0.3) is 0 Å². The summed E-state index contributed by atoms with van der Waals surface area (Å²) >= 11 is 6.02. The van der Waals surface area contributed by atoms with Gasteiger partial charge < -0.3 is 5.32 Å². The third kappa shape index (κ3) is 1.94. The maximum Gasteiger partial charge on any atom is 0.0409 e. The number of aryl methyl sites for hydroxylation is 1. The molecule has 76 valence electrons. The Balaban J connectivity index is 2.33. The van der Waals surface area contributed by atoms with E-state index in [4.69, 9.17) is 11.6 Å². The molecule has 0 amide bonds. The largest absolute Gasteiger partial charge is 0.310 e. The van der Waals surface area contributed by atoms with Crippen LogP contribution in [0.15, 0.2) is 18.2 Å². The first kappa shape index (κ1) is 10.0. The summed E-state index contributed by atoms with van der Waals surface area (Å²) in [7, 11) is 0. The molecule has 1 aliphatic heterocycles. The van der Waals surface area contributed by atoms with Crippen LogP contribution in [0.2, 0.25) is 5.02 Å². The van der Waals surface area contributed by atoms with Crippen molar-refractivity contribution in [3.63, 3.8) is 0 Å². The van der Waals surface area contributed by atoms with Crippen LogP contribution in [-0.2, 0) is 6.42 Å². The highest BCUT2D eigenvalue weighted by molar-refractivity contribution is 6.30. The molecule has 1 aliphatic rings. The number of rotatable bonds is 2. The van der Waals surface area contributed by atoms with Crippen LogP contribution in [0.5, 0.6) is 0 Å². The zero-order valence-electron chi connectivity index (χ0n) is 8.52. The van der Waals surface area contributed by atoms with Crippen molar-refractivity contribution < 1.29 is 0 Å². The van der Waals surface area contributed by atoms with E-state index in [9.17, 15) is 0 Å². The number of nitrogens with one attached hydrogen (secondary N) is 1. The number of hydrogen-bond acceptors (Lipinski definition) is 1. The van der Waals surface area contributed by atoms with Crippen LogP contribution in [0.4, 0.5) is 0 Å². The van der Waals surface area contributed by atoms with Crippen molar-refractivity contribution in [1.29, 1.82) is 0 Å². The zero-order chi connectivity index (χ0) is 9.97. The summed E-state index contributed by atoms with van der Waals surface area (Å²) in [4.78, 5) is 0. The molecule has 1 N–H and O–H groups in total. The fraction of sp³-hybridized carbons (Fsp3) is 0.500. The van der Waals surface area contributed by atoms with Gasteiger partial charge in [0.2, 0.25) is 0 Å². The van der Waals surface area contributed by atoms with Gasteiger partial charge in [0.05, 0.1) is 0 Å². The highest BCUT2D eigenvalue weighted by Gasteiger charge is 2.18. The molecular weight excluding hydrogens is 194 g/mol. The molecule has 1 saturated heterocycles. The minimum Gasteiger partial charge on any atom is -0.310 e. The second-order valence-electron chi connectivity index (χ2n) is 3.85. The van der Waals surface area contributed by atoms with Crippen molar-refractivity contribution in [1.82, 2.24) is 5.32 Å². The average Bonchev–Trinajstić information content (AvgIpc) is 2.70. The lowest BCUT2D eigenvalue weighted by Crippen LogP contribution is -2.14. The molecule has 1 heterocycles. The Morgan fingerprint density at radius 2 is 2.36 bits per heavy atom. The van der Waals surface area contributed by atoms with E-state index in [-0.39, 0.29) is 0 Å². The normalized spacial score (nSPS) is 21.4. The summed E-state index contributed by atoms with van der Waals surface area (Å²) in [6.07, 6.45) is 3.61. The molecule has 2 rings (SSSR count). The number of halogens is 1. The molecule has 1 aromatic carbocycles. The van der Waals surface area contributed by atoms with Crippen molar-refractivity contribution in [2.24, 2.45) is 0 Å². The smallest absolute Gasteiger partial charge is 0.0409 e. The maximum atomic E-state index is 6.02. The Morgan fingerprint density at radius 1 is 1.50 bits per heavy atom. The van der Waals surface area contributed by atoms with E-state index in [0.717, 1.165) is 18.0 Å². The highest BCUT2D eigenvalue weighted by Crippen LogP contribution is 2.28. The molecule has 1 nitrogen and oxygen atoms in total. The molecule has 0 radical (unpaired) electrons. The monoisotopic (exact) mass is 209 g/mol. The average molecular weight is 210 g/mol. The van der Waals surface area contributed by atoms with Crippen molar-refractivity contribution in [2.45, 2.75) is 32.2 Å². The van der Waals surface area contributed by atoms with Crippen LogP contribution in [0.1, 0.15) is 36.9 Å². The number of benzene rings is 1. The lowest BCUT2D eigenvalue weighted by molar-refractivity contribution is 0.641. The van der Waals surface area contributed by atoms with Gasteiger partial charge in [-0.1, -0.05) is 24.6 Å². The van der Waals surface area contributed by atoms with E-state index in [0.29, 0.717) is 6.04 Å². The third-order valence-corrected chi connectivity index (χ3v) is 3.16. The van der Waals surface area contributed by atoms with E-state index in [1.165, 1.54) is 24.0 Å². The van der Waals surface area contributed by atoms with Gasteiger partial charge in [0.15, 0.2) is 0 Å². The van der Waals surface area contributed by atoms with Crippen molar-refractivity contribution in [3.8, 4) is 0 Å². The number of hydrogen-bond donors (Lipinski definition) is 1. The molecule has 0 aliphatic carbocycles. The highest BCUT2D eigenvalue weighted by atomic mass is 35.5. The Bertz CT molecular complexity index is 316. The van der Waals surface area contributed by atoms with Gasteiger partial charge in [-0.05, 0) is 49.1 Å². The summed E-state index contributed by atoms with van der Waals surface area (Å²) in [5.41, 5.74) is 2.83. The van der Waals surface area contributed by atoms with Crippen LogP contribution in [0, 0.1) is 0 Å². The summed E-state index contributed by atoms with van der Waals surface area (Å²) in [6, 6.07) is 6.78. The van der Waals surface area contributed by atoms with Crippen LogP contribution in [-0.4, -0.2) is 6.54 Å². The zero-order valence-corrected chi connectivity index (χ0v) is 9.27. The van der Waals surface area contributed by atoms with Gasteiger partial charge >= 0.3 is 0 Å². The van der Waals surface area contributed by atoms with Crippen molar-refractivity contribution in [2.75, 3.05) is 6.54 Å². The molecule has 1 fully saturated rings. The topological polar surface area (TPSA) is 12.0 Å². The summed E-state index contributed by atoms with van der Waals surface area (Å²) in [5, 5.41) is 4.37. The van der Waals surface area contributed by atoms with Gasteiger partial charge in [-0.15, -0.1) is 0 Å². The molecule has 2 heteroatoms. The van der Waals surface area contributed by atoms with Crippen LogP contribution in [0.3, 0.4) is 0 Å². The standard InChI is InChI=1S/C12H16ClN/c1-2-9-5-6-10(13)8-11(9)12-4-3-7-14-12/h5-6,8,12,14H,2-4,7H2,1H3. The van der Waals surface area contributed by atoms with E-state index in [1.807, 2.05) is 6.07 Å². The minimum atomic E-state index is 0.531. The predicted octanol–water partition coefficient (Wildman–Crippen LogP) is 3.33. The van der Waals surface area contributed by atoms with Crippen LogP contribution in [0.25, 0.3) is 0 Å². The first-order valence-electron chi connectivity index (χ1n) is 5.33. The first-order chi connectivity index (χ1) is 6.81. The van der Waals surface area contributed by atoms with E-state index >= 15 is 0 Å². The molecule has 0 bridgehead atoms. The molecule has 1 unspecified atom stereocenters. The van der Waals surface area contributed by atoms with E-state index < -0.39 is 0 Å². The fourth-order valence-electron chi connectivity index (χ4n) is 2.16. The first-order valence-corrected chi connectivity index (χ1v) is 5.70. The molecule has 1 atom stereocenters. The van der Waals surface area contributed by atoms with E-state index in [2.05, 4.69) is 24.4 Å². The molecule has 0 aromatic heterocycles. The van der Waals surface area contributed by atoms with Gasteiger partial charge in [-0.3, -0.25) is 0 Å². The van der Waals surface area contributed by atoms with Crippen molar-refractivity contribution in [3.05, 3.63) is 34.3 Å². The summed E-state index contributed by atoms with van der Waals surface area (Å²) in [6.45, 7) is 3.34. The fourth-order valence-corrected chi connectivity index (χ4v) is 2.34. The molecule has 0 spiro atoms. The maximum absolute atomic E-state index is 6.02. The molecule has 14 heavy (non-hydrogen) atoms. The summed E-state index contributed by atoms with van der Waals surface area (Å²) in [5.74, 6) is 0. The molecular formula is C12H16ClN. The SMILES string of the molecule is CCc1ccc(Cl)cc1C1CCCN1. The second kappa shape index (κ2) is 4.33.